The van der Waals surface area contributed by atoms with Crippen molar-refractivity contribution in [1.29, 1.82) is 0 Å². The number of para-hydroxylation sites is 1. The molecule has 0 fully saturated rings. The Hall–Kier alpha value is -2.97. The summed E-state index contributed by atoms with van der Waals surface area (Å²) in [4.78, 5) is 15.2. The molecule has 0 saturated heterocycles. The second-order valence-electron chi connectivity index (χ2n) is 10.2. The van der Waals surface area contributed by atoms with Gasteiger partial charge in [0.1, 0.15) is 5.75 Å². The molecule has 1 unspecified atom stereocenters. The Bertz CT molecular complexity index is 1380. The van der Waals surface area contributed by atoms with Crippen molar-refractivity contribution in [2.45, 2.75) is 55.2 Å². The van der Waals surface area contributed by atoms with Crippen LogP contribution in [-0.2, 0) is 14.6 Å². The largest absolute Gasteiger partial charge is 0.496 e. The summed E-state index contributed by atoms with van der Waals surface area (Å²) >= 11 is 1.37. The Morgan fingerprint density at radius 1 is 1.08 bits per heavy atom. The van der Waals surface area contributed by atoms with E-state index in [1.807, 2.05) is 66.7 Å². The molecule has 0 aliphatic carbocycles. The third-order valence-electron chi connectivity index (χ3n) is 7.64. The smallest absolute Gasteiger partial charge is 0.311 e. The second-order valence-corrected chi connectivity index (χ2v) is 13.2. The van der Waals surface area contributed by atoms with Crippen molar-refractivity contribution in [2.24, 2.45) is 5.41 Å². The van der Waals surface area contributed by atoms with Crippen molar-refractivity contribution < 1.29 is 23.1 Å². The number of carboxylic acid groups (broad SMARTS) is 1. The number of aliphatic carboxylic acids is 1. The zero-order chi connectivity index (χ0) is 28.0. The molecule has 208 valence electrons. The summed E-state index contributed by atoms with van der Waals surface area (Å²) < 4.78 is 33.6. The van der Waals surface area contributed by atoms with Crippen LogP contribution in [0.15, 0.2) is 82.6 Å². The van der Waals surface area contributed by atoms with Crippen LogP contribution < -0.4 is 9.64 Å². The van der Waals surface area contributed by atoms with Gasteiger partial charge in [-0.1, -0.05) is 75.2 Å². The molecule has 39 heavy (non-hydrogen) atoms. The highest BCUT2D eigenvalue weighted by atomic mass is 32.2. The maximum Gasteiger partial charge on any atom is 0.311 e. The van der Waals surface area contributed by atoms with Crippen molar-refractivity contribution in [3.05, 3.63) is 78.4 Å². The van der Waals surface area contributed by atoms with Crippen LogP contribution >= 0.6 is 11.8 Å². The number of thioether (sulfide) groups is 1. The number of carboxylic acids is 1. The first kappa shape index (κ1) is 29.0. The van der Waals surface area contributed by atoms with Crippen molar-refractivity contribution in [1.82, 2.24) is 0 Å². The lowest BCUT2D eigenvalue weighted by molar-refractivity contribution is -0.138. The fraction of sp³-hybridized carbons (Fsp3) is 0.387. The van der Waals surface area contributed by atoms with Crippen LogP contribution in [0.25, 0.3) is 0 Å². The molecule has 3 aromatic carbocycles. The average molecular weight is 568 g/mol. The Labute approximate surface area is 236 Å². The fourth-order valence-corrected chi connectivity index (χ4v) is 8.65. The maximum atomic E-state index is 14.0. The Morgan fingerprint density at radius 2 is 1.74 bits per heavy atom. The van der Waals surface area contributed by atoms with E-state index in [-0.39, 0.29) is 16.4 Å². The van der Waals surface area contributed by atoms with Gasteiger partial charge in [0.05, 0.1) is 34.3 Å². The lowest BCUT2D eigenvalue weighted by Crippen LogP contribution is -2.37. The predicted molar refractivity (Wildman–Crippen MR) is 158 cm³/mol. The van der Waals surface area contributed by atoms with Crippen molar-refractivity contribution in [2.75, 3.05) is 30.1 Å². The number of anilines is 2. The molecule has 1 aliphatic heterocycles. The van der Waals surface area contributed by atoms with Gasteiger partial charge in [-0.15, -0.1) is 11.8 Å². The van der Waals surface area contributed by atoms with Gasteiger partial charge in [-0.3, -0.25) is 4.79 Å². The van der Waals surface area contributed by atoms with Crippen LogP contribution in [0.1, 0.15) is 51.0 Å². The Kier molecular flexibility index (Phi) is 9.28. The SMILES string of the molecule is CCCCC1(CC)CN(c2ccccc2)c2cc(SC[C@@H](C(=O)O)c3ccccc3)c(OC)cc2S(=O)(=O)C1. The fourth-order valence-electron chi connectivity index (χ4n) is 5.31. The molecule has 0 bridgehead atoms. The molecule has 1 heterocycles. The highest BCUT2D eigenvalue weighted by Crippen LogP contribution is 2.47. The van der Waals surface area contributed by atoms with Gasteiger partial charge in [-0.05, 0) is 36.6 Å². The lowest BCUT2D eigenvalue weighted by Gasteiger charge is -2.36. The molecule has 0 saturated carbocycles. The van der Waals surface area contributed by atoms with Gasteiger partial charge in [0.25, 0.3) is 0 Å². The third-order valence-corrected chi connectivity index (χ3v) is 10.8. The molecule has 0 aromatic heterocycles. The number of fused-ring (bicyclic) bond motifs is 1. The Morgan fingerprint density at radius 3 is 2.33 bits per heavy atom. The number of benzene rings is 3. The minimum Gasteiger partial charge on any atom is -0.496 e. The number of ether oxygens (including phenoxy) is 1. The van der Waals surface area contributed by atoms with E-state index in [4.69, 9.17) is 4.74 Å². The molecule has 0 spiro atoms. The summed E-state index contributed by atoms with van der Waals surface area (Å²) in [6, 6.07) is 22.6. The molecule has 6 nitrogen and oxygen atoms in total. The number of methoxy groups -OCH3 is 1. The van der Waals surface area contributed by atoms with Crippen molar-refractivity contribution in [3.63, 3.8) is 0 Å². The molecular formula is C31H37NO5S2. The highest BCUT2D eigenvalue weighted by molar-refractivity contribution is 7.99. The van der Waals surface area contributed by atoms with E-state index in [9.17, 15) is 18.3 Å². The van der Waals surface area contributed by atoms with Gasteiger partial charge in [-0.25, -0.2) is 8.42 Å². The molecule has 1 N–H and O–H groups in total. The minimum atomic E-state index is -3.63. The van der Waals surface area contributed by atoms with Crippen LogP contribution in [-0.4, -0.2) is 44.7 Å². The van der Waals surface area contributed by atoms with Crippen LogP contribution in [0.5, 0.6) is 5.75 Å². The number of sulfone groups is 1. The van der Waals surface area contributed by atoms with Crippen LogP contribution in [0, 0.1) is 5.41 Å². The van der Waals surface area contributed by atoms with Crippen LogP contribution in [0.2, 0.25) is 0 Å². The minimum absolute atomic E-state index is 0.0809. The number of carbonyl (C=O) groups is 1. The van der Waals surface area contributed by atoms with E-state index < -0.39 is 27.1 Å². The van der Waals surface area contributed by atoms with Gasteiger partial charge in [0.2, 0.25) is 0 Å². The predicted octanol–water partition coefficient (Wildman–Crippen LogP) is 7.17. The van der Waals surface area contributed by atoms with E-state index in [1.165, 1.54) is 18.9 Å². The lowest BCUT2D eigenvalue weighted by atomic mass is 9.81. The normalized spacial score (nSPS) is 19.1. The third kappa shape index (κ3) is 6.44. The summed E-state index contributed by atoms with van der Waals surface area (Å²) in [5.41, 5.74) is 1.87. The molecule has 1 aliphatic rings. The maximum absolute atomic E-state index is 14.0. The standard InChI is InChI=1S/C31H37NO5S2/c1-4-6-17-31(5-2)21-32(24-15-11-8-12-16-24)26-18-28(27(37-3)19-29(26)39(35,36)22-31)38-20-25(30(33)34)23-13-9-7-10-14-23/h7-16,18-19,25H,4-6,17,20-22H2,1-3H3,(H,33,34)/t25-,31?/m1/s1. The van der Waals surface area contributed by atoms with Gasteiger partial charge in [0.15, 0.2) is 9.84 Å². The molecule has 0 amide bonds. The number of unbranched alkanes of at least 4 members (excludes halogenated alkanes) is 1. The summed E-state index contributed by atoms with van der Waals surface area (Å²) in [6.45, 7) is 4.80. The summed E-state index contributed by atoms with van der Waals surface area (Å²) in [7, 11) is -2.11. The number of hydrogen-bond acceptors (Lipinski definition) is 6. The second kappa shape index (κ2) is 12.5. The summed E-state index contributed by atoms with van der Waals surface area (Å²) in [5.74, 6) is -0.820. The van der Waals surface area contributed by atoms with Crippen LogP contribution in [0.4, 0.5) is 11.4 Å². The summed E-state index contributed by atoms with van der Waals surface area (Å²) in [6.07, 6.45) is 3.54. The number of rotatable bonds is 11. The first-order valence-corrected chi connectivity index (χ1v) is 16.1. The van der Waals surface area contributed by atoms with Gasteiger partial charge in [0, 0.05) is 29.5 Å². The average Bonchev–Trinajstić information content (AvgIpc) is 3.04. The highest BCUT2D eigenvalue weighted by Gasteiger charge is 2.42. The van der Waals surface area contributed by atoms with Gasteiger partial charge < -0.3 is 14.7 Å². The molecule has 4 rings (SSSR count). The number of nitrogens with zero attached hydrogens (tertiary/aromatic N) is 1. The molecule has 2 atom stereocenters. The first-order chi connectivity index (χ1) is 18.7. The van der Waals surface area contributed by atoms with Crippen LogP contribution in [0.3, 0.4) is 0 Å². The van der Waals surface area contributed by atoms with E-state index in [0.717, 1.165) is 36.9 Å². The Balaban J connectivity index is 1.82. The van der Waals surface area contributed by atoms with Gasteiger partial charge in [-0.2, -0.15) is 0 Å². The topological polar surface area (TPSA) is 83.9 Å². The number of hydrogen-bond donors (Lipinski definition) is 1. The zero-order valence-corrected chi connectivity index (χ0v) is 24.4. The van der Waals surface area contributed by atoms with Gasteiger partial charge >= 0.3 is 5.97 Å². The summed E-state index contributed by atoms with van der Waals surface area (Å²) in [5, 5.41) is 9.94. The van der Waals surface area contributed by atoms with E-state index in [1.54, 1.807) is 6.07 Å². The van der Waals surface area contributed by atoms with E-state index in [2.05, 4.69) is 18.7 Å². The molecular weight excluding hydrogens is 530 g/mol. The van der Waals surface area contributed by atoms with E-state index >= 15 is 0 Å². The molecule has 8 heteroatoms. The molecule has 3 aromatic rings. The van der Waals surface area contributed by atoms with Crippen molar-refractivity contribution >= 4 is 38.9 Å². The van der Waals surface area contributed by atoms with E-state index in [0.29, 0.717) is 22.9 Å². The monoisotopic (exact) mass is 567 g/mol. The zero-order valence-electron chi connectivity index (χ0n) is 22.8. The molecule has 0 radical (unpaired) electrons. The van der Waals surface area contributed by atoms with Crippen molar-refractivity contribution in [3.8, 4) is 5.75 Å². The first-order valence-electron chi connectivity index (χ1n) is 13.4. The quantitative estimate of drug-likeness (QED) is 0.246.